The predicted octanol–water partition coefficient (Wildman–Crippen LogP) is 5.61. The first-order valence-corrected chi connectivity index (χ1v) is 11.9. The Hall–Kier alpha value is -3.34. The van der Waals surface area contributed by atoms with Crippen LogP contribution in [0.15, 0.2) is 35.9 Å². The van der Waals surface area contributed by atoms with Gasteiger partial charge in [0.2, 0.25) is 0 Å². The number of carbonyl (C=O) groups is 2. The van der Waals surface area contributed by atoms with Crippen molar-refractivity contribution in [3.8, 4) is 11.1 Å². The number of alkyl halides is 3. The Morgan fingerprint density at radius 2 is 1.97 bits per heavy atom. The van der Waals surface area contributed by atoms with Crippen molar-refractivity contribution in [2.75, 3.05) is 19.6 Å². The first-order valence-electron chi connectivity index (χ1n) is 11.0. The Morgan fingerprint density at radius 1 is 1.20 bits per heavy atom. The third-order valence-electron chi connectivity index (χ3n) is 5.22. The topological polar surface area (TPSA) is 87.3 Å². The van der Waals surface area contributed by atoms with Crippen LogP contribution in [-0.4, -0.2) is 58.3 Å². The molecule has 0 atom stereocenters. The second-order valence-electron chi connectivity index (χ2n) is 9.26. The average Bonchev–Trinajstić information content (AvgIpc) is 3.43. The number of aromatic nitrogens is 2. The molecule has 0 aromatic carbocycles. The van der Waals surface area contributed by atoms with E-state index in [-0.39, 0.29) is 11.0 Å². The molecule has 186 valence electrons. The number of rotatable bonds is 4. The number of fused-ring (bicyclic) bond motifs is 1. The van der Waals surface area contributed by atoms with Gasteiger partial charge in [-0.15, -0.1) is 11.3 Å². The summed E-state index contributed by atoms with van der Waals surface area (Å²) in [5, 5.41) is 4.42. The number of nitrogens with one attached hydrogen (secondary N) is 2. The van der Waals surface area contributed by atoms with Crippen LogP contribution in [0.1, 0.15) is 42.6 Å². The molecule has 0 fully saturated rings. The molecule has 0 radical (unpaired) electrons. The number of nitrogens with zero attached hydrogens (tertiary/aromatic N) is 2. The van der Waals surface area contributed by atoms with E-state index in [4.69, 9.17) is 4.74 Å². The molecule has 3 aromatic heterocycles. The Kier molecular flexibility index (Phi) is 6.63. The van der Waals surface area contributed by atoms with Gasteiger partial charge in [-0.2, -0.15) is 13.2 Å². The van der Waals surface area contributed by atoms with E-state index in [9.17, 15) is 22.8 Å². The summed E-state index contributed by atoms with van der Waals surface area (Å²) in [5.74, 6) is -0.768. The van der Waals surface area contributed by atoms with Crippen molar-refractivity contribution in [1.82, 2.24) is 20.2 Å². The molecule has 7 nitrogen and oxygen atoms in total. The van der Waals surface area contributed by atoms with Gasteiger partial charge in [0.25, 0.3) is 5.91 Å². The molecule has 3 aromatic rings. The first kappa shape index (κ1) is 24.8. The minimum atomic E-state index is -4.46. The fraction of sp³-hybridized carbons (Fsp3) is 0.375. The highest BCUT2D eigenvalue weighted by atomic mass is 32.1. The van der Waals surface area contributed by atoms with E-state index >= 15 is 0 Å². The molecular weight excluding hydrogens is 481 g/mol. The monoisotopic (exact) mass is 506 g/mol. The van der Waals surface area contributed by atoms with E-state index in [1.54, 1.807) is 22.5 Å². The van der Waals surface area contributed by atoms with Crippen molar-refractivity contribution in [3.05, 3.63) is 46.4 Å². The average molecular weight is 507 g/mol. The highest BCUT2D eigenvalue weighted by Crippen LogP contribution is 2.30. The minimum absolute atomic E-state index is 0.189. The number of hydrogen-bond acceptors (Lipinski definition) is 5. The Morgan fingerprint density at radius 3 is 2.69 bits per heavy atom. The van der Waals surface area contributed by atoms with E-state index in [0.29, 0.717) is 30.7 Å². The molecule has 0 saturated heterocycles. The number of carbonyl (C=O) groups excluding carboxylic acids is 2. The fourth-order valence-corrected chi connectivity index (χ4v) is 4.47. The smallest absolute Gasteiger partial charge is 0.410 e. The zero-order valence-corrected chi connectivity index (χ0v) is 20.3. The maximum atomic E-state index is 12.5. The van der Waals surface area contributed by atoms with Crippen LogP contribution in [0.3, 0.4) is 0 Å². The van der Waals surface area contributed by atoms with Crippen LogP contribution >= 0.6 is 11.3 Å². The van der Waals surface area contributed by atoms with Gasteiger partial charge >= 0.3 is 12.3 Å². The van der Waals surface area contributed by atoms with E-state index < -0.39 is 24.2 Å². The lowest BCUT2D eigenvalue weighted by Crippen LogP contribution is -2.39. The van der Waals surface area contributed by atoms with E-state index in [1.807, 2.05) is 38.2 Å². The number of thiophene rings is 1. The molecule has 0 saturated carbocycles. The summed E-state index contributed by atoms with van der Waals surface area (Å²) in [6.07, 6.45) is -0.390. The van der Waals surface area contributed by atoms with Crippen molar-refractivity contribution >= 4 is 39.9 Å². The second kappa shape index (κ2) is 9.37. The van der Waals surface area contributed by atoms with Gasteiger partial charge in [0, 0.05) is 29.4 Å². The van der Waals surface area contributed by atoms with Crippen molar-refractivity contribution in [2.24, 2.45) is 0 Å². The SMILES string of the molecule is CC(C)(C)OC(=O)N1CCC=C(c2cc3cc(-c4csc(C(=O)NCC(F)(F)F)c4)cnc3[nH]2)C1. The summed E-state index contributed by atoms with van der Waals surface area (Å²) in [7, 11) is 0. The van der Waals surface area contributed by atoms with Crippen LogP contribution in [-0.2, 0) is 4.74 Å². The number of hydrogen-bond donors (Lipinski definition) is 2. The summed E-state index contributed by atoms with van der Waals surface area (Å²) < 4.78 is 42.6. The lowest BCUT2D eigenvalue weighted by molar-refractivity contribution is -0.123. The Bertz CT molecular complexity index is 1290. The van der Waals surface area contributed by atoms with Gasteiger partial charge in [-0.25, -0.2) is 9.78 Å². The van der Waals surface area contributed by atoms with Crippen molar-refractivity contribution in [3.63, 3.8) is 0 Å². The quantitative estimate of drug-likeness (QED) is 0.482. The van der Waals surface area contributed by atoms with Gasteiger partial charge in [-0.1, -0.05) is 6.08 Å². The molecular formula is C24H25F3N4O3S. The molecule has 0 spiro atoms. The molecule has 1 aliphatic heterocycles. The maximum Gasteiger partial charge on any atom is 0.410 e. The summed E-state index contributed by atoms with van der Waals surface area (Å²) in [5.41, 5.74) is 3.33. The molecule has 4 rings (SSSR count). The number of ether oxygens (including phenoxy) is 1. The lowest BCUT2D eigenvalue weighted by Gasteiger charge is -2.30. The van der Waals surface area contributed by atoms with Crippen LogP contribution in [0.2, 0.25) is 0 Å². The number of H-pyrrole nitrogens is 1. The number of aromatic amines is 1. The number of amides is 2. The lowest BCUT2D eigenvalue weighted by atomic mass is 10.1. The molecule has 11 heteroatoms. The van der Waals surface area contributed by atoms with Gasteiger partial charge in [0.15, 0.2) is 0 Å². The standard InChI is InChI=1S/C24H25F3N4O3S/c1-23(2,3)34-22(33)31-6-4-5-14(11-31)18-8-15-7-16(10-28-20(15)30-18)17-9-19(35-12-17)21(32)29-13-24(25,26)27/h5,7-10,12H,4,6,11,13H2,1-3H3,(H,28,30)(H,29,32). The maximum absolute atomic E-state index is 12.5. The van der Waals surface area contributed by atoms with Crippen molar-refractivity contribution in [1.29, 1.82) is 0 Å². The van der Waals surface area contributed by atoms with Gasteiger partial charge in [0.1, 0.15) is 17.8 Å². The van der Waals surface area contributed by atoms with E-state index in [0.717, 1.165) is 33.6 Å². The number of pyridine rings is 1. The zero-order chi connectivity index (χ0) is 25.4. The number of halogens is 3. The molecule has 0 unspecified atom stereocenters. The van der Waals surface area contributed by atoms with Crippen LogP contribution in [0, 0.1) is 0 Å². The Labute approximate surface area is 204 Å². The van der Waals surface area contributed by atoms with Gasteiger partial charge in [-0.05, 0) is 61.9 Å². The van der Waals surface area contributed by atoms with E-state index in [2.05, 4.69) is 16.0 Å². The first-order chi connectivity index (χ1) is 16.4. The molecule has 35 heavy (non-hydrogen) atoms. The molecule has 2 amide bonds. The Balaban J connectivity index is 1.49. The highest BCUT2D eigenvalue weighted by molar-refractivity contribution is 7.12. The minimum Gasteiger partial charge on any atom is -0.444 e. The van der Waals surface area contributed by atoms with Crippen LogP contribution in [0.5, 0.6) is 0 Å². The van der Waals surface area contributed by atoms with Gasteiger partial charge in [0.05, 0.1) is 11.4 Å². The molecule has 1 aliphatic rings. The summed E-state index contributed by atoms with van der Waals surface area (Å²) in [6.45, 7) is 5.11. The molecule has 2 N–H and O–H groups in total. The van der Waals surface area contributed by atoms with Gasteiger partial charge < -0.3 is 19.9 Å². The van der Waals surface area contributed by atoms with Crippen LogP contribution in [0.4, 0.5) is 18.0 Å². The summed E-state index contributed by atoms with van der Waals surface area (Å²) in [6, 6.07) is 5.39. The van der Waals surface area contributed by atoms with Crippen molar-refractivity contribution in [2.45, 2.75) is 39.0 Å². The molecule has 4 heterocycles. The third kappa shape index (κ3) is 6.21. The predicted molar refractivity (Wildman–Crippen MR) is 128 cm³/mol. The van der Waals surface area contributed by atoms with E-state index in [1.165, 1.54) is 0 Å². The van der Waals surface area contributed by atoms with Crippen LogP contribution < -0.4 is 5.32 Å². The van der Waals surface area contributed by atoms with Crippen molar-refractivity contribution < 1.29 is 27.5 Å². The zero-order valence-electron chi connectivity index (χ0n) is 19.5. The van der Waals surface area contributed by atoms with Crippen LogP contribution in [0.25, 0.3) is 27.7 Å². The highest BCUT2D eigenvalue weighted by Gasteiger charge is 2.28. The summed E-state index contributed by atoms with van der Waals surface area (Å²) >= 11 is 1.07. The molecule has 0 aliphatic carbocycles. The second-order valence-corrected chi connectivity index (χ2v) is 10.2. The third-order valence-corrected chi connectivity index (χ3v) is 6.15. The van der Waals surface area contributed by atoms with Gasteiger partial charge in [-0.3, -0.25) is 4.79 Å². The summed E-state index contributed by atoms with van der Waals surface area (Å²) in [4.78, 5) is 34.1. The molecule has 0 bridgehead atoms. The normalized spacial score (nSPS) is 14.7. The largest absolute Gasteiger partial charge is 0.444 e. The fourth-order valence-electron chi connectivity index (χ4n) is 3.64.